The van der Waals surface area contributed by atoms with Gasteiger partial charge in [-0.15, -0.1) is 0 Å². The van der Waals surface area contributed by atoms with Crippen LogP contribution >= 0.6 is 0 Å². The van der Waals surface area contributed by atoms with E-state index in [9.17, 15) is 14.0 Å². The first-order valence-electron chi connectivity index (χ1n) is 12.1. The molecule has 190 valence electrons. The van der Waals surface area contributed by atoms with Crippen molar-refractivity contribution in [2.75, 3.05) is 18.4 Å². The minimum Gasteiger partial charge on any atom is -0.334 e. The van der Waals surface area contributed by atoms with Gasteiger partial charge < -0.3 is 16.0 Å². The van der Waals surface area contributed by atoms with Gasteiger partial charge in [0, 0.05) is 29.9 Å². The average Bonchev–Trinajstić information content (AvgIpc) is 2.83. The Morgan fingerprint density at radius 2 is 1.53 bits per heavy atom. The van der Waals surface area contributed by atoms with Crippen LogP contribution in [0, 0.1) is 11.2 Å². The van der Waals surface area contributed by atoms with Crippen LogP contribution in [0.25, 0.3) is 0 Å². The van der Waals surface area contributed by atoms with Gasteiger partial charge in [0.25, 0.3) is 11.8 Å². The van der Waals surface area contributed by atoms with Crippen molar-refractivity contribution in [2.45, 2.75) is 46.6 Å². The van der Waals surface area contributed by atoms with Gasteiger partial charge in [-0.3, -0.25) is 9.59 Å². The third kappa shape index (κ3) is 7.25. The smallest absolute Gasteiger partial charge is 0.255 e. The molecular formula is C30H36FN3O2. The summed E-state index contributed by atoms with van der Waals surface area (Å²) >= 11 is 0. The largest absolute Gasteiger partial charge is 0.334 e. The van der Waals surface area contributed by atoms with Crippen LogP contribution in [0.15, 0.2) is 72.8 Å². The van der Waals surface area contributed by atoms with E-state index in [-0.39, 0.29) is 22.6 Å². The Bertz CT molecular complexity index is 1200. The lowest BCUT2D eigenvalue weighted by Gasteiger charge is -2.32. The Hall–Kier alpha value is -3.51. The first kappa shape index (κ1) is 27.1. The second kappa shape index (κ2) is 11.0. The maximum Gasteiger partial charge on any atom is 0.255 e. The number of hydrogen-bond donors (Lipinski definition) is 2. The predicted octanol–water partition coefficient (Wildman–Crippen LogP) is 6.00. The summed E-state index contributed by atoms with van der Waals surface area (Å²) in [6.45, 7) is 11.5. The second-order valence-corrected chi connectivity index (χ2v) is 11.0. The van der Waals surface area contributed by atoms with E-state index in [0.29, 0.717) is 36.4 Å². The zero-order valence-electron chi connectivity index (χ0n) is 21.8. The molecule has 0 aliphatic rings. The zero-order chi connectivity index (χ0) is 26.5. The molecule has 2 amide bonds. The van der Waals surface area contributed by atoms with Gasteiger partial charge in [0.1, 0.15) is 5.82 Å². The molecule has 0 saturated carbocycles. The number of benzene rings is 3. The number of nitrogens with zero attached hydrogens (tertiary/aromatic N) is 1. The van der Waals surface area contributed by atoms with Crippen molar-refractivity contribution >= 4 is 17.5 Å². The number of halogens is 1. The predicted molar refractivity (Wildman–Crippen MR) is 144 cm³/mol. The number of nitrogens with one attached hydrogen (secondary N) is 1. The van der Waals surface area contributed by atoms with Gasteiger partial charge >= 0.3 is 0 Å². The third-order valence-corrected chi connectivity index (χ3v) is 6.13. The van der Waals surface area contributed by atoms with Crippen molar-refractivity contribution in [1.82, 2.24) is 4.90 Å². The molecule has 0 bridgehead atoms. The van der Waals surface area contributed by atoms with Gasteiger partial charge in [-0.05, 0) is 71.0 Å². The summed E-state index contributed by atoms with van der Waals surface area (Å²) < 4.78 is 13.7. The van der Waals surface area contributed by atoms with Gasteiger partial charge in [0.15, 0.2) is 0 Å². The zero-order valence-corrected chi connectivity index (χ0v) is 21.8. The van der Waals surface area contributed by atoms with Crippen molar-refractivity contribution in [3.63, 3.8) is 0 Å². The molecule has 0 aromatic heterocycles. The highest BCUT2D eigenvalue weighted by Gasteiger charge is 2.25. The van der Waals surface area contributed by atoms with Crippen LogP contribution in [0.4, 0.5) is 10.1 Å². The summed E-state index contributed by atoms with van der Waals surface area (Å²) in [5.41, 5.74) is 9.23. The Labute approximate surface area is 213 Å². The summed E-state index contributed by atoms with van der Waals surface area (Å²) in [6, 6.07) is 20.7. The van der Waals surface area contributed by atoms with Gasteiger partial charge in [-0.25, -0.2) is 4.39 Å². The van der Waals surface area contributed by atoms with Gasteiger partial charge in [-0.2, -0.15) is 0 Å². The lowest BCUT2D eigenvalue weighted by Crippen LogP contribution is -2.41. The van der Waals surface area contributed by atoms with Crippen molar-refractivity contribution in [1.29, 1.82) is 0 Å². The number of carbonyl (C=O) groups is 2. The number of amides is 2. The van der Waals surface area contributed by atoms with E-state index in [1.807, 2.05) is 62.4 Å². The van der Waals surface area contributed by atoms with E-state index >= 15 is 0 Å². The van der Waals surface area contributed by atoms with Crippen LogP contribution in [0.2, 0.25) is 0 Å². The van der Waals surface area contributed by atoms with Crippen molar-refractivity contribution in [2.24, 2.45) is 11.1 Å². The molecule has 0 aliphatic carbocycles. The van der Waals surface area contributed by atoms with Crippen LogP contribution < -0.4 is 11.1 Å². The van der Waals surface area contributed by atoms with E-state index in [1.165, 1.54) is 23.8 Å². The van der Waals surface area contributed by atoms with Gasteiger partial charge in [0.05, 0.1) is 0 Å². The SMILES string of the molecule is CC(C)(CN)CN(Cc1ccc(NC(=O)c2ccc(C(C)(C)C)cc2)cc1)C(=O)c1cccc(F)c1. The molecule has 0 aliphatic heterocycles. The number of carbonyl (C=O) groups excluding carboxylic acids is 2. The lowest BCUT2D eigenvalue weighted by atomic mass is 9.87. The van der Waals surface area contributed by atoms with Crippen LogP contribution in [0.3, 0.4) is 0 Å². The third-order valence-electron chi connectivity index (χ3n) is 6.13. The molecule has 0 atom stereocenters. The number of nitrogens with two attached hydrogens (primary N) is 1. The standard InChI is InChI=1S/C30H36FN3O2/c1-29(2,3)24-13-11-22(12-14-24)27(35)33-26-15-9-21(10-16-26)18-34(20-30(4,5)19-32)28(36)23-7-6-8-25(31)17-23/h6-17H,18-20,32H2,1-5H3,(H,33,35). The summed E-state index contributed by atoms with van der Waals surface area (Å²) in [6.07, 6.45) is 0. The van der Waals surface area contributed by atoms with Crippen LogP contribution in [0.5, 0.6) is 0 Å². The Balaban J connectivity index is 1.72. The molecule has 6 heteroatoms. The highest BCUT2D eigenvalue weighted by Crippen LogP contribution is 2.23. The van der Waals surface area contributed by atoms with Gasteiger partial charge in [0.2, 0.25) is 0 Å². The monoisotopic (exact) mass is 489 g/mol. The van der Waals surface area contributed by atoms with E-state index < -0.39 is 5.82 Å². The molecule has 0 heterocycles. The maximum absolute atomic E-state index is 13.7. The molecular weight excluding hydrogens is 453 g/mol. The van der Waals surface area contributed by atoms with E-state index in [2.05, 4.69) is 26.1 Å². The van der Waals surface area contributed by atoms with Crippen LogP contribution in [0.1, 0.15) is 66.5 Å². The highest BCUT2D eigenvalue weighted by atomic mass is 19.1. The van der Waals surface area contributed by atoms with E-state index in [1.54, 1.807) is 11.0 Å². The van der Waals surface area contributed by atoms with E-state index in [4.69, 9.17) is 5.73 Å². The average molecular weight is 490 g/mol. The molecule has 36 heavy (non-hydrogen) atoms. The first-order valence-corrected chi connectivity index (χ1v) is 12.1. The van der Waals surface area contributed by atoms with Gasteiger partial charge in [-0.1, -0.05) is 65.0 Å². The number of rotatable bonds is 8. The molecule has 5 nitrogen and oxygen atoms in total. The summed E-state index contributed by atoms with van der Waals surface area (Å²) in [7, 11) is 0. The van der Waals surface area contributed by atoms with Crippen molar-refractivity contribution < 1.29 is 14.0 Å². The van der Waals surface area contributed by atoms with Crippen LogP contribution in [-0.4, -0.2) is 29.8 Å². The number of hydrogen-bond acceptors (Lipinski definition) is 3. The lowest BCUT2D eigenvalue weighted by molar-refractivity contribution is 0.0672. The fourth-order valence-corrected chi connectivity index (χ4v) is 3.82. The van der Waals surface area contributed by atoms with Crippen LogP contribution in [-0.2, 0) is 12.0 Å². The normalized spacial score (nSPS) is 11.8. The molecule has 0 fully saturated rings. The Morgan fingerprint density at radius 3 is 2.08 bits per heavy atom. The molecule has 3 aromatic carbocycles. The Morgan fingerprint density at radius 1 is 0.889 bits per heavy atom. The fraction of sp³-hybridized carbons (Fsp3) is 0.333. The quantitative estimate of drug-likeness (QED) is 0.407. The first-order chi connectivity index (χ1) is 16.9. The molecule has 0 radical (unpaired) electrons. The second-order valence-electron chi connectivity index (χ2n) is 11.0. The highest BCUT2D eigenvalue weighted by molar-refractivity contribution is 6.04. The summed E-state index contributed by atoms with van der Waals surface area (Å²) in [5, 5.41) is 2.92. The molecule has 0 spiro atoms. The maximum atomic E-state index is 13.7. The minimum atomic E-state index is -0.452. The topological polar surface area (TPSA) is 75.4 Å². The summed E-state index contributed by atoms with van der Waals surface area (Å²) in [4.78, 5) is 27.6. The fourth-order valence-electron chi connectivity index (χ4n) is 3.82. The molecule has 3 N–H and O–H groups in total. The van der Waals surface area contributed by atoms with E-state index in [0.717, 1.165) is 5.56 Å². The molecule has 3 aromatic rings. The molecule has 0 unspecified atom stereocenters. The van der Waals surface area contributed by atoms with Crippen molar-refractivity contribution in [3.05, 3.63) is 101 Å². The Kier molecular flexibility index (Phi) is 8.31. The molecule has 0 saturated heterocycles. The minimum absolute atomic E-state index is 0.0220. The summed E-state index contributed by atoms with van der Waals surface area (Å²) in [5.74, 6) is -0.894. The van der Waals surface area contributed by atoms with Crippen molar-refractivity contribution in [3.8, 4) is 0 Å². The molecule has 3 rings (SSSR count). The number of anilines is 1.